The number of rotatable bonds is 6. The van der Waals surface area contributed by atoms with Gasteiger partial charge in [0.25, 0.3) is 11.5 Å². The van der Waals surface area contributed by atoms with Gasteiger partial charge in [-0.3, -0.25) is 19.1 Å². The van der Waals surface area contributed by atoms with Gasteiger partial charge in [0.05, 0.1) is 30.0 Å². The number of ether oxygens (including phenoxy) is 1. The Hall–Kier alpha value is -3.71. The number of anilines is 1. The molecule has 7 nitrogen and oxygen atoms in total. The first-order valence-electron chi connectivity index (χ1n) is 9.15. The smallest absolute Gasteiger partial charge is 0.262 e. The average molecular weight is 421 g/mol. The SMILES string of the molecule is O=C(COc1cccnc1)Nc1ccc2c(=O)n(Cc3ccc(Cl)cc3)cnc2c1. The highest BCUT2D eigenvalue weighted by atomic mass is 35.5. The van der Waals surface area contributed by atoms with Crippen molar-refractivity contribution in [2.24, 2.45) is 0 Å². The number of amides is 1. The van der Waals surface area contributed by atoms with Crippen molar-refractivity contribution < 1.29 is 9.53 Å². The molecule has 0 spiro atoms. The fraction of sp³-hybridized carbons (Fsp3) is 0.0909. The van der Waals surface area contributed by atoms with Crippen LogP contribution in [0, 0.1) is 0 Å². The van der Waals surface area contributed by atoms with E-state index in [1.165, 1.54) is 17.1 Å². The van der Waals surface area contributed by atoms with Crippen LogP contribution in [0.3, 0.4) is 0 Å². The highest BCUT2D eigenvalue weighted by Crippen LogP contribution is 2.16. The maximum Gasteiger partial charge on any atom is 0.262 e. The summed E-state index contributed by atoms with van der Waals surface area (Å²) in [6.45, 7) is 0.239. The van der Waals surface area contributed by atoms with Crippen molar-refractivity contribution in [1.82, 2.24) is 14.5 Å². The molecule has 0 aliphatic heterocycles. The third kappa shape index (κ3) is 4.64. The molecule has 0 aliphatic carbocycles. The highest BCUT2D eigenvalue weighted by Gasteiger charge is 2.08. The number of pyridine rings is 1. The van der Waals surface area contributed by atoms with E-state index in [-0.39, 0.29) is 18.1 Å². The first kappa shape index (κ1) is 19.6. The van der Waals surface area contributed by atoms with Crippen LogP contribution in [0.2, 0.25) is 5.02 Å². The Labute approximate surface area is 176 Å². The molecule has 0 fully saturated rings. The third-order valence-corrected chi connectivity index (χ3v) is 4.63. The Morgan fingerprint density at radius 1 is 1.13 bits per heavy atom. The van der Waals surface area contributed by atoms with E-state index >= 15 is 0 Å². The van der Waals surface area contributed by atoms with E-state index in [1.54, 1.807) is 48.7 Å². The largest absolute Gasteiger partial charge is 0.482 e. The number of benzene rings is 2. The van der Waals surface area contributed by atoms with Gasteiger partial charge in [0.1, 0.15) is 5.75 Å². The third-order valence-electron chi connectivity index (χ3n) is 4.38. The molecule has 0 saturated heterocycles. The molecule has 0 unspecified atom stereocenters. The zero-order valence-corrected chi connectivity index (χ0v) is 16.5. The second kappa shape index (κ2) is 8.75. The van der Waals surface area contributed by atoms with Crippen LogP contribution in [-0.2, 0) is 11.3 Å². The van der Waals surface area contributed by atoms with E-state index in [2.05, 4.69) is 15.3 Å². The van der Waals surface area contributed by atoms with Gasteiger partial charge >= 0.3 is 0 Å². The molecule has 1 amide bonds. The predicted molar refractivity (Wildman–Crippen MR) is 115 cm³/mol. The van der Waals surface area contributed by atoms with Crippen molar-refractivity contribution in [3.05, 3.63) is 94.3 Å². The zero-order valence-electron chi connectivity index (χ0n) is 15.8. The van der Waals surface area contributed by atoms with Crippen molar-refractivity contribution in [2.75, 3.05) is 11.9 Å². The second-order valence-corrected chi connectivity index (χ2v) is 7.00. The number of nitrogens with one attached hydrogen (secondary N) is 1. The molecular formula is C22H17ClN4O3. The van der Waals surface area contributed by atoms with E-state index in [0.29, 0.717) is 33.9 Å². The minimum absolute atomic E-state index is 0.153. The maximum atomic E-state index is 12.8. The number of carbonyl (C=O) groups is 1. The first-order valence-corrected chi connectivity index (χ1v) is 9.52. The van der Waals surface area contributed by atoms with E-state index in [4.69, 9.17) is 16.3 Å². The van der Waals surface area contributed by atoms with Gasteiger partial charge in [-0.15, -0.1) is 0 Å². The summed E-state index contributed by atoms with van der Waals surface area (Å²) in [6, 6.07) is 15.7. The van der Waals surface area contributed by atoms with Crippen LogP contribution < -0.4 is 15.6 Å². The molecule has 8 heteroatoms. The Kier molecular flexibility index (Phi) is 5.72. The van der Waals surface area contributed by atoms with Crippen LogP contribution in [0.4, 0.5) is 5.69 Å². The maximum absolute atomic E-state index is 12.8. The summed E-state index contributed by atoms with van der Waals surface area (Å²) in [5, 5.41) is 3.85. The minimum atomic E-state index is -0.325. The van der Waals surface area contributed by atoms with Gasteiger partial charge in [0.2, 0.25) is 0 Å². The number of carbonyl (C=O) groups excluding carboxylic acids is 1. The number of nitrogens with zero attached hydrogens (tertiary/aromatic N) is 3. The molecule has 0 bridgehead atoms. The average Bonchev–Trinajstić information content (AvgIpc) is 2.76. The molecular weight excluding hydrogens is 404 g/mol. The molecule has 30 heavy (non-hydrogen) atoms. The van der Waals surface area contributed by atoms with Crippen LogP contribution in [0.15, 0.2) is 78.1 Å². The van der Waals surface area contributed by atoms with Gasteiger partial charge < -0.3 is 10.1 Å². The van der Waals surface area contributed by atoms with Crippen LogP contribution >= 0.6 is 11.6 Å². The summed E-state index contributed by atoms with van der Waals surface area (Å²) in [6.07, 6.45) is 4.65. The molecule has 2 aromatic carbocycles. The van der Waals surface area contributed by atoms with Crippen molar-refractivity contribution in [1.29, 1.82) is 0 Å². The lowest BCUT2D eigenvalue weighted by Gasteiger charge is -2.09. The fourth-order valence-corrected chi connectivity index (χ4v) is 3.04. The first-order chi connectivity index (χ1) is 14.6. The Bertz CT molecular complexity index is 1240. The normalized spacial score (nSPS) is 10.7. The summed E-state index contributed by atoms with van der Waals surface area (Å²) < 4.78 is 6.91. The summed E-state index contributed by atoms with van der Waals surface area (Å²) >= 11 is 5.90. The number of aromatic nitrogens is 3. The topological polar surface area (TPSA) is 86.1 Å². The molecule has 1 N–H and O–H groups in total. The van der Waals surface area contributed by atoms with Gasteiger partial charge in [-0.2, -0.15) is 0 Å². The number of fused-ring (bicyclic) bond motifs is 1. The molecule has 0 saturated carbocycles. The molecule has 2 heterocycles. The predicted octanol–water partition coefficient (Wildman–Crippen LogP) is 3.51. The van der Waals surface area contributed by atoms with E-state index in [1.807, 2.05) is 12.1 Å². The van der Waals surface area contributed by atoms with E-state index in [0.717, 1.165) is 5.56 Å². The van der Waals surface area contributed by atoms with Gasteiger partial charge in [-0.1, -0.05) is 23.7 Å². The quantitative estimate of drug-likeness (QED) is 0.516. The lowest BCUT2D eigenvalue weighted by molar-refractivity contribution is -0.118. The van der Waals surface area contributed by atoms with Crippen molar-refractivity contribution in [2.45, 2.75) is 6.54 Å². The molecule has 0 aliphatic rings. The molecule has 2 aromatic heterocycles. The number of halogens is 1. The van der Waals surface area contributed by atoms with Crippen LogP contribution in [-0.4, -0.2) is 27.0 Å². The summed E-state index contributed by atoms with van der Waals surface area (Å²) in [5.74, 6) is 0.184. The molecule has 0 atom stereocenters. The molecule has 150 valence electrons. The van der Waals surface area contributed by atoms with Crippen molar-refractivity contribution in [3.8, 4) is 5.75 Å². The van der Waals surface area contributed by atoms with E-state index < -0.39 is 0 Å². The molecule has 4 aromatic rings. The van der Waals surface area contributed by atoms with Gasteiger partial charge in [0.15, 0.2) is 6.61 Å². The monoisotopic (exact) mass is 420 g/mol. The van der Waals surface area contributed by atoms with Crippen molar-refractivity contribution >= 4 is 34.1 Å². The summed E-state index contributed by atoms with van der Waals surface area (Å²) in [5.41, 5.74) is 1.82. The van der Waals surface area contributed by atoms with E-state index in [9.17, 15) is 9.59 Å². The van der Waals surface area contributed by atoms with Gasteiger partial charge in [-0.25, -0.2) is 4.98 Å². The molecule has 0 radical (unpaired) electrons. The lowest BCUT2D eigenvalue weighted by atomic mass is 10.2. The van der Waals surface area contributed by atoms with Gasteiger partial charge in [-0.05, 0) is 48.0 Å². The Morgan fingerprint density at radius 3 is 2.73 bits per heavy atom. The molecule has 4 rings (SSSR count). The fourth-order valence-electron chi connectivity index (χ4n) is 2.91. The summed E-state index contributed by atoms with van der Waals surface area (Å²) in [4.78, 5) is 33.2. The second-order valence-electron chi connectivity index (χ2n) is 6.56. The van der Waals surface area contributed by atoms with Crippen LogP contribution in [0.25, 0.3) is 10.9 Å². The zero-order chi connectivity index (χ0) is 20.9. The standard InChI is InChI=1S/C22H17ClN4O3/c23-16-5-3-15(4-6-16)12-27-14-25-20-10-17(7-8-19(20)22(27)29)26-21(28)13-30-18-2-1-9-24-11-18/h1-11,14H,12-13H2,(H,26,28). The summed E-state index contributed by atoms with van der Waals surface area (Å²) in [7, 11) is 0. The Morgan fingerprint density at radius 2 is 1.97 bits per heavy atom. The number of hydrogen-bond donors (Lipinski definition) is 1. The Balaban J connectivity index is 1.47. The van der Waals surface area contributed by atoms with Crippen LogP contribution in [0.5, 0.6) is 5.75 Å². The van der Waals surface area contributed by atoms with Crippen molar-refractivity contribution in [3.63, 3.8) is 0 Å². The lowest BCUT2D eigenvalue weighted by Crippen LogP contribution is -2.22. The number of hydrogen-bond acceptors (Lipinski definition) is 5. The van der Waals surface area contributed by atoms with Crippen LogP contribution in [0.1, 0.15) is 5.56 Å². The minimum Gasteiger partial charge on any atom is -0.482 e. The highest BCUT2D eigenvalue weighted by molar-refractivity contribution is 6.30. The van der Waals surface area contributed by atoms with Gasteiger partial charge in [0, 0.05) is 16.9 Å².